The minimum absolute atomic E-state index is 0.719. The summed E-state index contributed by atoms with van der Waals surface area (Å²) in [5, 5.41) is 4.09. The van der Waals surface area contributed by atoms with E-state index in [1.165, 1.54) is 43.6 Å². The van der Waals surface area contributed by atoms with E-state index >= 15 is 0 Å². The smallest absolute Gasteiger partial charge is 0.138 e. The van der Waals surface area contributed by atoms with E-state index in [-0.39, 0.29) is 0 Å². The monoisotopic (exact) mass is 259 g/mol. The summed E-state index contributed by atoms with van der Waals surface area (Å²) in [6.45, 7) is 4.14. The van der Waals surface area contributed by atoms with Crippen LogP contribution >= 0.6 is 23.1 Å². The van der Waals surface area contributed by atoms with Crippen molar-refractivity contribution in [3.8, 4) is 0 Å². The fourth-order valence-corrected chi connectivity index (χ4v) is 3.04. The summed E-state index contributed by atoms with van der Waals surface area (Å²) in [5.74, 6) is 0. The molecule has 0 radical (unpaired) electrons. The summed E-state index contributed by atoms with van der Waals surface area (Å²) in [6, 6.07) is 0.719. The largest absolute Gasteiger partial charge is 0.295 e. The van der Waals surface area contributed by atoms with E-state index in [4.69, 9.17) is 11.6 Å². The lowest BCUT2D eigenvalue weighted by atomic mass is 9.94. The summed E-state index contributed by atoms with van der Waals surface area (Å²) in [4.78, 5) is 2.49. The highest BCUT2D eigenvalue weighted by Crippen LogP contribution is 2.25. The minimum Gasteiger partial charge on any atom is -0.295 e. The Balaban J connectivity index is 1.97. The third-order valence-electron chi connectivity index (χ3n) is 3.36. The van der Waals surface area contributed by atoms with E-state index in [0.717, 1.165) is 29.2 Å². The second kappa shape index (κ2) is 5.94. The van der Waals surface area contributed by atoms with E-state index < -0.39 is 0 Å². The van der Waals surface area contributed by atoms with Crippen molar-refractivity contribution in [2.45, 2.75) is 51.6 Å². The van der Waals surface area contributed by atoms with Crippen LogP contribution in [0.3, 0.4) is 0 Å². The Hall–Kier alpha value is -0.190. The fourth-order valence-electron chi connectivity index (χ4n) is 2.43. The van der Waals surface area contributed by atoms with Crippen LogP contribution < -0.4 is 0 Å². The zero-order valence-electron chi connectivity index (χ0n) is 9.65. The van der Waals surface area contributed by atoms with Crippen LogP contribution in [0, 0.1) is 0 Å². The van der Waals surface area contributed by atoms with Crippen molar-refractivity contribution in [3.05, 3.63) is 10.0 Å². The van der Waals surface area contributed by atoms with Gasteiger partial charge < -0.3 is 0 Å². The zero-order valence-corrected chi connectivity index (χ0v) is 11.2. The molecule has 0 spiro atoms. The molecule has 0 N–H and O–H groups in total. The first-order valence-corrected chi connectivity index (χ1v) is 7.17. The Morgan fingerprint density at radius 1 is 1.38 bits per heavy atom. The molecule has 0 saturated heterocycles. The molecule has 1 heterocycles. The molecule has 5 heteroatoms. The lowest BCUT2D eigenvalue weighted by Crippen LogP contribution is -2.36. The van der Waals surface area contributed by atoms with Gasteiger partial charge in [-0.2, -0.15) is 0 Å². The van der Waals surface area contributed by atoms with Gasteiger partial charge in [0.2, 0.25) is 0 Å². The molecule has 2 rings (SSSR count). The molecule has 0 bridgehead atoms. The Kier molecular flexibility index (Phi) is 4.55. The highest BCUT2D eigenvalue weighted by molar-refractivity contribution is 7.10. The van der Waals surface area contributed by atoms with Crippen LogP contribution in [0.25, 0.3) is 0 Å². The van der Waals surface area contributed by atoms with Gasteiger partial charge in [-0.25, -0.2) is 0 Å². The Morgan fingerprint density at radius 2 is 2.12 bits per heavy atom. The third kappa shape index (κ3) is 2.93. The van der Waals surface area contributed by atoms with Gasteiger partial charge in [-0.3, -0.25) is 4.90 Å². The van der Waals surface area contributed by atoms with E-state index in [0.29, 0.717) is 0 Å². The molecule has 1 aliphatic rings. The van der Waals surface area contributed by atoms with Crippen molar-refractivity contribution < 1.29 is 0 Å². The van der Waals surface area contributed by atoms with Crippen molar-refractivity contribution in [1.29, 1.82) is 0 Å². The molecular formula is C11H18ClN3S. The van der Waals surface area contributed by atoms with Crippen molar-refractivity contribution >= 4 is 23.1 Å². The first-order valence-electron chi connectivity index (χ1n) is 6.02. The molecule has 16 heavy (non-hydrogen) atoms. The highest BCUT2D eigenvalue weighted by atomic mass is 35.5. The molecule has 0 aromatic carbocycles. The highest BCUT2D eigenvalue weighted by Gasteiger charge is 2.21. The van der Waals surface area contributed by atoms with Crippen molar-refractivity contribution in [2.24, 2.45) is 0 Å². The number of nitrogens with zero attached hydrogens (tertiary/aromatic N) is 3. The van der Waals surface area contributed by atoms with Gasteiger partial charge in [0.25, 0.3) is 0 Å². The zero-order chi connectivity index (χ0) is 11.4. The minimum atomic E-state index is 0.719. The second-order valence-electron chi connectivity index (χ2n) is 4.35. The Morgan fingerprint density at radius 3 is 2.69 bits per heavy atom. The van der Waals surface area contributed by atoms with Crippen LogP contribution in [0.5, 0.6) is 0 Å². The van der Waals surface area contributed by atoms with E-state index in [1.807, 2.05) is 0 Å². The molecule has 0 amide bonds. The van der Waals surface area contributed by atoms with Gasteiger partial charge in [0, 0.05) is 24.1 Å². The summed E-state index contributed by atoms with van der Waals surface area (Å²) in [7, 11) is 0. The average molecular weight is 260 g/mol. The quantitative estimate of drug-likeness (QED) is 0.830. The number of hydrogen-bond acceptors (Lipinski definition) is 4. The van der Waals surface area contributed by atoms with Gasteiger partial charge in [0.15, 0.2) is 0 Å². The van der Waals surface area contributed by atoms with Gasteiger partial charge in [-0.15, -0.1) is 5.10 Å². The summed E-state index contributed by atoms with van der Waals surface area (Å²) >= 11 is 7.33. The molecule has 1 saturated carbocycles. The summed E-state index contributed by atoms with van der Waals surface area (Å²) in [6.07, 6.45) is 6.77. The molecule has 0 atom stereocenters. The molecule has 1 aromatic heterocycles. The van der Waals surface area contributed by atoms with Gasteiger partial charge in [0.05, 0.1) is 0 Å². The standard InChI is InChI=1S/C11H18ClN3S/c1-2-15(9-6-4-3-5-7-9)8-10-11(12)16-14-13-10/h9H,2-8H2,1H3. The normalized spacial score (nSPS) is 18.2. The van der Waals surface area contributed by atoms with Crippen molar-refractivity contribution in [2.75, 3.05) is 6.54 Å². The van der Waals surface area contributed by atoms with Gasteiger partial charge in [0.1, 0.15) is 10.0 Å². The van der Waals surface area contributed by atoms with Crippen molar-refractivity contribution in [3.63, 3.8) is 0 Å². The fraction of sp³-hybridized carbons (Fsp3) is 0.818. The lowest BCUT2D eigenvalue weighted by molar-refractivity contribution is 0.154. The number of aromatic nitrogens is 2. The third-order valence-corrected chi connectivity index (χ3v) is 4.34. The van der Waals surface area contributed by atoms with Crippen LogP contribution in [0.2, 0.25) is 4.34 Å². The van der Waals surface area contributed by atoms with Crippen LogP contribution in [0.4, 0.5) is 0 Å². The molecule has 3 nitrogen and oxygen atoms in total. The van der Waals surface area contributed by atoms with Gasteiger partial charge in [-0.1, -0.05) is 42.3 Å². The van der Waals surface area contributed by atoms with Crippen LogP contribution in [0.15, 0.2) is 0 Å². The predicted molar refractivity (Wildman–Crippen MR) is 67.9 cm³/mol. The van der Waals surface area contributed by atoms with Gasteiger partial charge >= 0.3 is 0 Å². The molecule has 1 aromatic rings. The molecule has 0 aliphatic heterocycles. The van der Waals surface area contributed by atoms with E-state index in [1.54, 1.807) is 0 Å². The van der Waals surface area contributed by atoms with E-state index in [9.17, 15) is 0 Å². The van der Waals surface area contributed by atoms with Crippen LogP contribution in [-0.2, 0) is 6.54 Å². The van der Waals surface area contributed by atoms with Crippen molar-refractivity contribution in [1.82, 2.24) is 14.5 Å². The molecule has 1 fully saturated rings. The second-order valence-corrected chi connectivity index (χ2v) is 5.70. The number of halogens is 1. The molecule has 1 aliphatic carbocycles. The Bertz CT molecular complexity index is 323. The molecular weight excluding hydrogens is 242 g/mol. The Labute approximate surface area is 106 Å². The maximum absolute atomic E-state index is 6.05. The molecule has 0 unspecified atom stereocenters. The first kappa shape index (κ1) is 12.3. The topological polar surface area (TPSA) is 29.0 Å². The van der Waals surface area contributed by atoms with E-state index in [2.05, 4.69) is 21.4 Å². The maximum Gasteiger partial charge on any atom is 0.138 e. The van der Waals surface area contributed by atoms with Gasteiger partial charge in [-0.05, 0) is 19.4 Å². The average Bonchev–Trinajstić information content (AvgIpc) is 2.73. The first-order chi connectivity index (χ1) is 7.81. The lowest BCUT2D eigenvalue weighted by Gasteiger charge is -2.32. The van der Waals surface area contributed by atoms with Crippen LogP contribution in [-0.4, -0.2) is 27.1 Å². The maximum atomic E-state index is 6.05. The summed E-state index contributed by atoms with van der Waals surface area (Å²) < 4.78 is 4.63. The molecule has 90 valence electrons. The SMILES string of the molecule is CCN(Cc1nnsc1Cl)C1CCCCC1. The summed E-state index contributed by atoms with van der Waals surface area (Å²) in [5.41, 5.74) is 0.944. The number of rotatable bonds is 4. The number of hydrogen-bond donors (Lipinski definition) is 0. The predicted octanol–water partition coefficient (Wildman–Crippen LogP) is 3.35. The van der Waals surface area contributed by atoms with Crippen LogP contribution in [0.1, 0.15) is 44.7 Å².